The Morgan fingerprint density at radius 1 is 1.29 bits per heavy atom. The molecule has 1 aromatic carbocycles. The number of rotatable bonds is 3. The first-order valence-corrected chi connectivity index (χ1v) is 6.82. The molecule has 0 radical (unpaired) electrons. The first-order valence-electron chi connectivity index (χ1n) is 6.82. The molecular weight excluding hydrogens is 294 g/mol. The summed E-state index contributed by atoms with van der Waals surface area (Å²) in [6.45, 7) is 3.89. The van der Waals surface area contributed by atoms with E-state index < -0.39 is 46.4 Å². The minimum atomic E-state index is -3.60. The minimum absolute atomic E-state index is 0.0533. The Bertz CT molecular complexity index is 564. The van der Waals surface area contributed by atoms with Gasteiger partial charge in [-0.05, 0) is 24.5 Å². The van der Waals surface area contributed by atoms with Gasteiger partial charge in [0.15, 0.2) is 11.6 Å². The molecule has 0 saturated heterocycles. The lowest BCUT2D eigenvalue weighted by atomic mass is 9.91. The second-order valence-corrected chi connectivity index (χ2v) is 5.75. The maximum absolute atomic E-state index is 14.2. The lowest BCUT2D eigenvalue weighted by Crippen LogP contribution is -2.26. The van der Waals surface area contributed by atoms with Crippen molar-refractivity contribution in [1.29, 1.82) is 0 Å². The Morgan fingerprint density at radius 2 is 1.86 bits per heavy atom. The molecule has 6 heteroatoms. The van der Waals surface area contributed by atoms with Gasteiger partial charge in [-0.15, -0.1) is 0 Å². The SMILES string of the molecule is CCC(C)C(F)(F)c1cc2c(c(F)c1F)C(F)(F)C(C)C2. The first kappa shape index (κ1) is 16.2. The summed E-state index contributed by atoms with van der Waals surface area (Å²) in [5.74, 6) is -13.3. The molecule has 1 aliphatic rings. The van der Waals surface area contributed by atoms with Crippen LogP contribution in [0.4, 0.5) is 26.3 Å². The maximum atomic E-state index is 14.2. The Kier molecular flexibility index (Phi) is 3.79. The molecule has 0 aromatic heterocycles. The fraction of sp³-hybridized carbons (Fsp3) is 0.600. The molecule has 0 saturated carbocycles. The number of benzene rings is 1. The first-order chi connectivity index (χ1) is 9.55. The van der Waals surface area contributed by atoms with E-state index in [2.05, 4.69) is 0 Å². The van der Waals surface area contributed by atoms with Crippen LogP contribution in [0.25, 0.3) is 0 Å². The third-order valence-corrected chi connectivity index (χ3v) is 4.36. The van der Waals surface area contributed by atoms with E-state index in [9.17, 15) is 26.3 Å². The van der Waals surface area contributed by atoms with Gasteiger partial charge in [0, 0.05) is 11.8 Å². The lowest BCUT2D eigenvalue weighted by Gasteiger charge is -2.25. The fourth-order valence-electron chi connectivity index (χ4n) is 2.67. The van der Waals surface area contributed by atoms with Crippen molar-refractivity contribution >= 4 is 0 Å². The number of alkyl halides is 4. The second kappa shape index (κ2) is 4.92. The van der Waals surface area contributed by atoms with Gasteiger partial charge in [0.1, 0.15) is 0 Å². The van der Waals surface area contributed by atoms with Crippen LogP contribution in [-0.4, -0.2) is 0 Å². The van der Waals surface area contributed by atoms with E-state index in [1.807, 2.05) is 0 Å². The largest absolute Gasteiger partial charge is 0.279 e. The zero-order chi connectivity index (χ0) is 16.2. The molecule has 0 amide bonds. The van der Waals surface area contributed by atoms with Gasteiger partial charge in [-0.1, -0.05) is 20.8 Å². The predicted molar refractivity (Wildman–Crippen MR) is 66.5 cm³/mol. The van der Waals surface area contributed by atoms with Gasteiger partial charge in [0.25, 0.3) is 11.8 Å². The number of hydrogen-bond acceptors (Lipinski definition) is 0. The molecule has 2 atom stereocenters. The van der Waals surface area contributed by atoms with Crippen LogP contribution in [0.3, 0.4) is 0 Å². The van der Waals surface area contributed by atoms with Crippen molar-refractivity contribution in [1.82, 2.24) is 0 Å². The predicted octanol–water partition coefficient (Wildman–Crippen LogP) is 5.39. The quantitative estimate of drug-likeness (QED) is 0.657. The van der Waals surface area contributed by atoms with Crippen LogP contribution in [0.15, 0.2) is 6.07 Å². The molecule has 0 heterocycles. The molecule has 0 N–H and O–H groups in total. The Morgan fingerprint density at radius 3 is 2.38 bits per heavy atom. The van der Waals surface area contributed by atoms with Gasteiger partial charge in [0.2, 0.25) is 0 Å². The van der Waals surface area contributed by atoms with Crippen molar-refractivity contribution in [2.45, 2.75) is 45.5 Å². The summed E-state index contributed by atoms with van der Waals surface area (Å²) in [6, 6.07) is 0.706. The highest BCUT2D eigenvalue weighted by atomic mass is 19.3. The number of fused-ring (bicyclic) bond motifs is 1. The summed E-state index contributed by atoms with van der Waals surface area (Å²) in [5, 5.41) is 0. The van der Waals surface area contributed by atoms with Gasteiger partial charge in [-0.25, -0.2) is 26.3 Å². The lowest BCUT2D eigenvalue weighted by molar-refractivity contribution is -0.0638. The van der Waals surface area contributed by atoms with E-state index in [1.165, 1.54) is 20.8 Å². The zero-order valence-electron chi connectivity index (χ0n) is 11.9. The van der Waals surface area contributed by atoms with E-state index in [1.54, 1.807) is 0 Å². The van der Waals surface area contributed by atoms with Crippen molar-refractivity contribution in [2.24, 2.45) is 11.8 Å². The van der Waals surface area contributed by atoms with Crippen molar-refractivity contribution in [3.63, 3.8) is 0 Å². The Labute approximate surface area is 119 Å². The third kappa shape index (κ3) is 2.23. The molecule has 0 bridgehead atoms. The number of hydrogen-bond donors (Lipinski definition) is 0. The van der Waals surface area contributed by atoms with Gasteiger partial charge < -0.3 is 0 Å². The topological polar surface area (TPSA) is 0 Å². The summed E-state index contributed by atoms with van der Waals surface area (Å²) in [4.78, 5) is 0. The molecule has 21 heavy (non-hydrogen) atoms. The van der Waals surface area contributed by atoms with Crippen LogP contribution in [0, 0.1) is 23.5 Å². The molecule has 2 unspecified atom stereocenters. The smallest absolute Gasteiger partial charge is 0.203 e. The van der Waals surface area contributed by atoms with Crippen LogP contribution in [0.5, 0.6) is 0 Å². The average molecular weight is 310 g/mol. The number of halogens is 6. The fourth-order valence-corrected chi connectivity index (χ4v) is 2.67. The molecule has 118 valence electrons. The molecule has 0 nitrogen and oxygen atoms in total. The molecule has 2 rings (SSSR count). The van der Waals surface area contributed by atoms with Crippen molar-refractivity contribution in [3.05, 3.63) is 34.4 Å². The van der Waals surface area contributed by atoms with E-state index >= 15 is 0 Å². The van der Waals surface area contributed by atoms with Crippen LogP contribution in [-0.2, 0) is 18.3 Å². The molecular formula is C15H16F6. The molecule has 1 aliphatic carbocycles. The van der Waals surface area contributed by atoms with E-state index in [0.29, 0.717) is 6.07 Å². The summed E-state index contributed by atoms with van der Waals surface area (Å²) >= 11 is 0. The standard InChI is InChI=1S/C15H16F6/c1-4-7(2)14(18,19)10-6-9-5-8(3)15(20,21)11(9)13(17)12(10)16/h6-8H,4-5H2,1-3H3. The Balaban J connectivity index is 2.66. The van der Waals surface area contributed by atoms with Gasteiger partial charge >= 0.3 is 0 Å². The summed E-state index contributed by atoms with van der Waals surface area (Å²) in [6.07, 6.45) is -0.194. The minimum Gasteiger partial charge on any atom is -0.203 e. The monoisotopic (exact) mass is 310 g/mol. The third-order valence-electron chi connectivity index (χ3n) is 4.36. The van der Waals surface area contributed by atoms with E-state index in [-0.39, 0.29) is 18.4 Å². The van der Waals surface area contributed by atoms with E-state index in [4.69, 9.17) is 0 Å². The second-order valence-electron chi connectivity index (χ2n) is 5.75. The normalized spacial score (nSPS) is 22.2. The van der Waals surface area contributed by atoms with Crippen LogP contribution < -0.4 is 0 Å². The van der Waals surface area contributed by atoms with Crippen LogP contribution in [0.1, 0.15) is 43.9 Å². The van der Waals surface area contributed by atoms with E-state index in [0.717, 1.165) is 0 Å². The summed E-state index contributed by atoms with van der Waals surface area (Å²) in [5.41, 5.74) is -2.43. The summed E-state index contributed by atoms with van der Waals surface area (Å²) < 4.78 is 83.8. The van der Waals surface area contributed by atoms with Gasteiger partial charge in [-0.2, -0.15) is 0 Å². The highest BCUT2D eigenvalue weighted by Crippen LogP contribution is 2.50. The van der Waals surface area contributed by atoms with Crippen molar-refractivity contribution in [3.8, 4) is 0 Å². The van der Waals surface area contributed by atoms with Crippen LogP contribution >= 0.6 is 0 Å². The highest BCUT2D eigenvalue weighted by molar-refractivity contribution is 5.43. The maximum Gasteiger partial charge on any atom is 0.279 e. The van der Waals surface area contributed by atoms with Gasteiger partial charge in [0.05, 0.1) is 11.1 Å². The van der Waals surface area contributed by atoms with Gasteiger partial charge in [-0.3, -0.25) is 0 Å². The summed E-state index contributed by atoms with van der Waals surface area (Å²) in [7, 11) is 0. The Hall–Kier alpha value is -1.20. The molecule has 0 fully saturated rings. The van der Waals surface area contributed by atoms with Crippen molar-refractivity contribution < 1.29 is 26.3 Å². The highest BCUT2D eigenvalue weighted by Gasteiger charge is 2.51. The zero-order valence-corrected chi connectivity index (χ0v) is 11.9. The van der Waals surface area contributed by atoms with Crippen molar-refractivity contribution in [2.75, 3.05) is 0 Å². The molecule has 1 aromatic rings. The molecule has 0 aliphatic heterocycles. The average Bonchev–Trinajstić information content (AvgIpc) is 2.63. The van der Waals surface area contributed by atoms with Crippen LogP contribution in [0.2, 0.25) is 0 Å². The molecule has 0 spiro atoms.